The van der Waals surface area contributed by atoms with E-state index in [0.717, 1.165) is 24.6 Å². The minimum atomic E-state index is -0.270. The molecule has 3 aromatic rings. The van der Waals surface area contributed by atoms with E-state index in [2.05, 4.69) is 14.8 Å². The minimum absolute atomic E-state index is 0.262. The van der Waals surface area contributed by atoms with E-state index in [1.54, 1.807) is 23.2 Å². The second-order valence-electron chi connectivity index (χ2n) is 6.40. The minimum Gasteiger partial charge on any atom is -0.459 e. The highest BCUT2D eigenvalue weighted by atomic mass is 32.1. The van der Waals surface area contributed by atoms with Gasteiger partial charge >= 0.3 is 0 Å². The lowest BCUT2D eigenvalue weighted by Crippen LogP contribution is -2.54. The van der Waals surface area contributed by atoms with Gasteiger partial charge in [0.1, 0.15) is 5.82 Å². The number of carbonyl (C=O) groups excluding carboxylic acids is 1. The number of pyridine rings is 1. The number of hydrogen-bond acceptors (Lipinski definition) is 5. The summed E-state index contributed by atoms with van der Waals surface area (Å²) < 4.78 is 5.32. The summed E-state index contributed by atoms with van der Waals surface area (Å²) in [6.07, 6.45) is 3.29. The molecule has 0 atom stereocenters. The van der Waals surface area contributed by atoms with Crippen molar-refractivity contribution in [2.24, 2.45) is 0 Å². The Bertz CT molecular complexity index is 924. The van der Waals surface area contributed by atoms with Crippen LogP contribution in [0.5, 0.6) is 0 Å². The number of aromatic nitrogens is 1. The second-order valence-corrected chi connectivity index (χ2v) is 6.76. The Balaban J connectivity index is 1.53. The number of benzene rings is 1. The van der Waals surface area contributed by atoms with Crippen molar-refractivity contribution in [2.75, 3.05) is 36.0 Å². The molecule has 1 saturated heterocycles. The number of carbonyl (C=O) groups is 1. The number of rotatable bonds is 3. The predicted molar refractivity (Wildman–Crippen MR) is 113 cm³/mol. The molecular weight excluding hydrogens is 372 g/mol. The highest BCUT2D eigenvalue weighted by Gasteiger charge is 2.29. The first-order valence-corrected chi connectivity index (χ1v) is 9.53. The Kier molecular flexibility index (Phi) is 5.34. The summed E-state index contributed by atoms with van der Waals surface area (Å²) in [4.78, 5) is 23.3. The Morgan fingerprint density at radius 1 is 0.964 bits per heavy atom. The summed E-state index contributed by atoms with van der Waals surface area (Å²) in [7, 11) is 0. The topological polar surface area (TPSA) is 52.8 Å². The molecule has 7 heteroatoms. The molecule has 0 N–H and O–H groups in total. The van der Waals surface area contributed by atoms with Gasteiger partial charge in [0.2, 0.25) is 0 Å². The molecule has 3 heterocycles. The molecule has 1 aliphatic rings. The van der Waals surface area contributed by atoms with E-state index in [1.165, 1.54) is 6.26 Å². The van der Waals surface area contributed by atoms with E-state index in [0.29, 0.717) is 18.2 Å². The van der Waals surface area contributed by atoms with Crippen LogP contribution in [0, 0.1) is 0 Å². The molecule has 1 aromatic carbocycles. The van der Waals surface area contributed by atoms with Crippen molar-refractivity contribution in [2.45, 2.75) is 0 Å². The fourth-order valence-corrected chi connectivity index (χ4v) is 3.58. The highest BCUT2D eigenvalue weighted by Crippen LogP contribution is 2.21. The molecule has 0 aliphatic carbocycles. The quantitative estimate of drug-likeness (QED) is 0.637. The number of amides is 1. The number of anilines is 2. The molecule has 4 rings (SSSR count). The summed E-state index contributed by atoms with van der Waals surface area (Å²) in [5.74, 6) is 0.950. The maximum Gasteiger partial charge on any atom is 0.300 e. The fourth-order valence-electron chi connectivity index (χ4n) is 3.21. The SMILES string of the molecule is O=C(c1ccco1)N(C(=S)N1CCN(c2ccccn2)CC1)c1ccccc1. The van der Waals surface area contributed by atoms with Crippen LogP contribution in [0.3, 0.4) is 0 Å². The molecule has 0 radical (unpaired) electrons. The fraction of sp³-hybridized carbons (Fsp3) is 0.190. The zero-order valence-electron chi connectivity index (χ0n) is 15.3. The van der Waals surface area contributed by atoms with Crippen LogP contribution in [0.2, 0.25) is 0 Å². The Morgan fingerprint density at radius 3 is 2.36 bits per heavy atom. The van der Waals surface area contributed by atoms with Gasteiger partial charge in [0.25, 0.3) is 5.91 Å². The second kappa shape index (κ2) is 8.22. The van der Waals surface area contributed by atoms with Gasteiger partial charge in [-0.15, -0.1) is 0 Å². The number of para-hydroxylation sites is 1. The van der Waals surface area contributed by atoms with Crippen LogP contribution in [-0.2, 0) is 0 Å². The third-order valence-corrected chi connectivity index (χ3v) is 5.10. The molecule has 28 heavy (non-hydrogen) atoms. The molecule has 1 fully saturated rings. The third-order valence-electron chi connectivity index (χ3n) is 4.66. The maximum atomic E-state index is 13.1. The first kappa shape index (κ1) is 18.2. The zero-order valence-corrected chi connectivity index (χ0v) is 16.1. The van der Waals surface area contributed by atoms with Gasteiger partial charge in [0, 0.05) is 32.4 Å². The van der Waals surface area contributed by atoms with Crippen molar-refractivity contribution in [3.05, 3.63) is 78.9 Å². The van der Waals surface area contributed by atoms with Gasteiger partial charge in [0.15, 0.2) is 10.9 Å². The zero-order chi connectivity index (χ0) is 19.3. The van der Waals surface area contributed by atoms with E-state index in [1.807, 2.05) is 48.5 Å². The van der Waals surface area contributed by atoms with Crippen LogP contribution in [0.1, 0.15) is 10.6 Å². The van der Waals surface area contributed by atoms with E-state index < -0.39 is 0 Å². The molecule has 0 bridgehead atoms. The van der Waals surface area contributed by atoms with Gasteiger partial charge in [-0.1, -0.05) is 24.3 Å². The smallest absolute Gasteiger partial charge is 0.300 e. The van der Waals surface area contributed by atoms with E-state index in [-0.39, 0.29) is 11.7 Å². The lowest BCUT2D eigenvalue weighted by atomic mass is 10.2. The van der Waals surface area contributed by atoms with Gasteiger partial charge in [0.05, 0.1) is 12.0 Å². The molecule has 0 saturated carbocycles. The third kappa shape index (κ3) is 3.75. The summed E-state index contributed by atoms with van der Waals surface area (Å²) in [5, 5.41) is 0.480. The first-order valence-electron chi connectivity index (χ1n) is 9.12. The van der Waals surface area contributed by atoms with Gasteiger partial charge in [-0.05, 0) is 48.6 Å². The van der Waals surface area contributed by atoms with Crippen molar-refractivity contribution in [3.63, 3.8) is 0 Å². The first-order chi connectivity index (χ1) is 13.7. The van der Waals surface area contributed by atoms with Crippen molar-refractivity contribution in [1.82, 2.24) is 9.88 Å². The van der Waals surface area contributed by atoms with Crippen molar-refractivity contribution >= 4 is 34.7 Å². The lowest BCUT2D eigenvalue weighted by molar-refractivity contribution is 0.0973. The summed E-state index contributed by atoms with van der Waals surface area (Å²) in [6, 6.07) is 18.7. The van der Waals surface area contributed by atoms with Crippen LogP contribution >= 0.6 is 12.2 Å². The number of furan rings is 1. The Morgan fingerprint density at radius 2 is 1.71 bits per heavy atom. The maximum absolute atomic E-state index is 13.1. The largest absolute Gasteiger partial charge is 0.459 e. The molecule has 0 unspecified atom stereocenters. The van der Waals surface area contributed by atoms with E-state index in [4.69, 9.17) is 16.6 Å². The van der Waals surface area contributed by atoms with Crippen LogP contribution in [0.15, 0.2) is 77.5 Å². The standard InChI is InChI=1S/C21H20N4O2S/c26-20(18-9-6-16-27-18)25(17-7-2-1-3-8-17)21(28)24-14-12-23(13-15-24)19-10-4-5-11-22-19/h1-11,16H,12-15H2. The van der Waals surface area contributed by atoms with Gasteiger partial charge < -0.3 is 14.2 Å². The van der Waals surface area contributed by atoms with Crippen molar-refractivity contribution < 1.29 is 9.21 Å². The number of hydrogen-bond donors (Lipinski definition) is 0. The summed E-state index contributed by atoms with van der Waals surface area (Å²) >= 11 is 5.74. The molecule has 0 spiro atoms. The average Bonchev–Trinajstić information content (AvgIpc) is 3.30. The molecule has 142 valence electrons. The van der Waals surface area contributed by atoms with Crippen molar-refractivity contribution in [3.8, 4) is 0 Å². The van der Waals surface area contributed by atoms with E-state index in [9.17, 15) is 4.79 Å². The predicted octanol–water partition coefficient (Wildman–Crippen LogP) is 3.43. The molecular formula is C21H20N4O2S. The Hall–Kier alpha value is -3.19. The Labute approximate surface area is 169 Å². The molecule has 1 aliphatic heterocycles. The summed E-state index contributed by atoms with van der Waals surface area (Å²) in [5.41, 5.74) is 0.723. The van der Waals surface area contributed by atoms with E-state index >= 15 is 0 Å². The van der Waals surface area contributed by atoms with Crippen LogP contribution < -0.4 is 9.80 Å². The lowest BCUT2D eigenvalue weighted by Gasteiger charge is -2.39. The monoisotopic (exact) mass is 392 g/mol. The average molecular weight is 392 g/mol. The number of piperazine rings is 1. The highest BCUT2D eigenvalue weighted by molar-refractivity contribution is 7.80. The number of nitrogens with zero attached hydrogens (tertiary/aromatic N) is 4. The molecule has 1 amide bonds. The normalized spacial score (nSPS) is 14.0. The molecule has 2 aromatic heterocycles. The number of thiocarbonyl (C=S) groups is 1. The van der Waals surface area contributed by atoms with Crippen molar-refractivity contribution in [1.29, 1.82) is 0 Å². The van der Waals surface area contributed by atoms with Gasteiger partial charge in [-0.25, -0.2) is 4.98 Å². The molecule has 6 nitrogen and oxygen atoms in total. The van der Waals surface area contributed by atoms with Crippen LogP contribution in [-0.4, -0.2) is 47.1 Å². The summed E-state index contributed by atoms with van der Waals surface area (Å²) in [6.45, 7) is 3.00. The van der Waals surface area contributed by atoms with Gasteiger partial charge in [-0.2, -0.15) is 0 Å². The van der Waals surface area contributed by atoms with Crippen LogP contribution in [0.25, 0.3) is 0 Å². The van der Waals surface area contributed by atoms with Gasteiger partial charge in [-0.3, -0.25) is 9.69 Å². The van der Waals surface area contributed by atoms with Crippen LogP contribution in [0.4, 0.5) is 11.5 Å².